The van der Waals surface area contributed by atoms with Gasteiger partial charge in [-0.3, -0.25) is 9.59 Å². The van der Waals surface area contributed by atoms with Gasteiger partial charge >= 0.3 is 12.3 Å². The summed E-state index contributed by atoms with van der Waals surface area (Å²) in [4.78, 5) is 27.2. The topological polar surface area (TPSA) is 233 Å². The van der Waals surface area contributed by atoms with Gasteiger partial charge in [0, 0.05) is 6.92 Å². The Hall–Kier alpha value is -3.73. The van der Waals surface area contributed by atoms with Gasteiger partial charge in [-0.15, -0.1) is 18.3 Å². The van der Waals surface area contributed by atoms with E-state index in [4.69, 9.17) is 23.7 Å². The molecule has 17 nitrogen and oxygen atoms in total. The highest BCUT2D eigenvalue weighted by atomic mass is 19.4. The van der Waals surface area contributed by atoms with Gasteiger partial charge in [-0.2, -0.15) is 0 Å². The molecule has 73 heavy (non-hydrogen) atoms. The third-order valence-electron chi connectivity index (χ3n) is 19.5. The lowest BCUT2D eigenvalue weighted by Gasteiger charge is -2.71. The standard InChI is InChI=1S/C53H75F3N4O13/c1-28(61)57-39-42(65)41(64)35(27-69-45-43(66)40(63)33(62)26-68-45)71-44(39)72-38-16-17-49(6)36(48(38,4)5)15-18-51(8)37(49)14-13-30-31-23-47(2,3)19-21-52(31,22-20-50(30,51)7)46(67)70-25-29-24-60(59-58-29)32-11-9-10-12-34(32)73-53(54,55)56/h9-13,24,31,33,35-45,62-66H,14-23,25-27H2,1-8H3,(H,57,61)/t31-,33-,35+,36-,37+,38-,39+,40-,41+,42+,43-,44-,45-,49-,50+,51+,52-/m0/s1. The van der Waals surface area contributed by atoms with Crippen molar-refractivity contribution in [2.75, 3.05) is 13.2 Å². The quantitative estimate of drug-likeness (QED) is 0.0887. The molecule has 0 radical (unpaired) electrons. The number of alkyl halides is 3. The van der Waals surface area contributed by atoms with Gasteiger partial charge in [0.15, 0.2) is 18.3 Å². The number of benzene rings is 1. The number of nitrogens with one attached hydrogen (secondary N) is 1. The van der Waals surface area contributed by atoms with Gasteiger partial charge in [0.1, 0.15) is 60.7 Å². The molecule has 406 valence electrons. The number of rotatable bonds is 11. The molecule has 0 unspecified atom stereocenters. The van der Waals surface area contributed by atoms with Gasteiger partial charge in [-0.25, -0.2) is 4.68 Å². The Kier molecular flexibility index (Phi) is 14.4. The summed E-state index contributed by atoms with van der Waals surface area (Å²) in [7, 11) is 0. The molecule has 1 aromatic heterocycles. The average molecular weight is 1030 g/mol. The Morgan fingerprint density at radius 1 is 0.877 bits per heavy atom. The van der Waals surface area contributed by atoms with Crippen LogP contribution in [0.25, 0.3) is 5.69 Å². The smallest absolute Gasteiger partial charge is 0.459 e. The average Bonchev–Trinajstić information content (AvgIpc) is 3.79. The van der Waals surface area contributed by atoms with Gasteiger partial charge in [-0.05, 0) is 121 Å². The number of allylic oxidation sites excluding steroid dienone is 2. The van der Waals surface area contributed by atoms with E-state index < -0.39 is 84.1 Å². The lowest BCUT2D eigenvalue weighted by Crippen LogP contribution is -2.67. The molecule has 9 rings (SSSR count). The van der Waals surface area contributed by atoms with Crippen LogP contribution in [0.1, 0.15) is 125 Å². The molecule has 0 bridgehead atoms. The molecule has 20 heteroatoms. The van der Waals surface area contributed by atoms with E-state index in [0.29, 0.717) is 30.9 Å². The van der Waals surface area contributed by atoms with E-state index in [-0.39, 0.29) is 71.1 Å². The first-order chi connectivity index (χ1) is 34.1. The maximum Gasteiger partial charge on any atom is 0.573 e. The molecule has 7 aliphatic rings. The lowest BCUT2D eigenvalue weighted by atomic mass is 9.33. The van der Waals surface area contributed by atoms with Crippen LogP contribution in [0.5, 0.6) is 5.75 Å². The summed E-state index contributed by atoms with van der Waals surface area (Å²) in [5.41, 5.74) is 0.0368. The molecule has 3 heterocycles. The van der Waals surface area contributed by atoms with E-state index in [2.05, 4.69) is 74.9 Å². The summed E-state index contributed by atoms with van der Waals surface area (Å²) in [5.74, 6) is -0.717. The Balaban J connectivity index is 0.921. The highest BCUT2D eigenvalue weighted by Gasteiger charge is 2.70. The minimum atomic E-state index is -4.90. The van der Waals surface area contributed by atoms with Crippen LogP contribution in [0.4, 0.5) is 13.2 Å². The summed E-state index contributed by atoms with van der Waals surface area (Å²) in [6.45, 7) is 16.8. The van der Waals surface area contributed by atoms with Crippen molar-refractivity contribution in [3.63, 3.8) is 0 Å². The molecule has 2 aliphatic heterocycles. The zero-order chi connectivity index (χ0) is 52.8. The molecular weight excluding hydrogens is 958 g/mol. The van der Waals surface area contributed by atoms with Crippen molar-refractivity contribution in [3.8, 4) is 11.4 Å². The van der Waals surface area contributed by atoms with Gasteiger partial charge in [0.25, 0.3) is 0 Å². The summed E-state index contributed by atoms with van der Waals surface area (Å²) >= 11 is 0. The largest absolute Gasteiger partial charge is 0.573 e. The SMILES string of the molecule is CC(=O)N[C@H]1[C@H](O[C@H]2CC[C@]3(C)[C@H]4CC=C5[C@@H]6CC(C)(C)CC[C@]6(C(=O)OCc6cn(-c7ccccc7OC(F)(F)F)nn6)CC[C@@]5(C)[C@]4(C)CC[C@H]3C2(C)C)O[C@H](CO[C@@H]2OC[C@H](O)[C@H](O)[C@@H]2O)[C@@H](O)[C@@H]1O. The molecule has 0 spiro atoms. The summed E-state index contributed by atoms with van der Waals surface area (Å²) in [6, 6.07) is 4.51. The van der Waals surface area contributed by atoms with E-state index in [0.717, 1.165) is 44.9 Å². The number of para-hydroxylation sites is 2. The van der Waals surface area contributed by atoms with Crippen molar-refractivity contribution in [2.45, 2.75) is 194 Å². The fourth-order valence-corrected chi connectivity index (χ4v) is 15.3. The Morgan fingerprint density at radius 2 is 1.60 bits per heavy atom. The van der Waals surface area contributed by atoms with Crippen LogP contribution in [0.2, 0.25) is 0 Å². The molecule has 1 amide bonds. The van der Waals surface area contributed by atoms with Crippen LogP contribution >= 0.6 is 0 Å². The number of hydrogen-bond acceptors (Lipinski definition) is 15. The fourth-order valence-electron chi connectivity index (χ4n) is 15.3. The normalized spacial score (nSPS) is 42.0. The zero-order valence-corrected chi connectivity index (χ0v) is 43.1. The maximum absolute atomic E-state index is 14.8. The number of halogens is 3. The summed E-state index contributed by atoms with van der Waals surface area (Å²) < 4.78 is 75.5. The lowest BCUT2D eigenvalue weighted by molar-refractivity contribution is -0.322. The Bertz CT molecular complexity index is 2400. The van der Waals surface area contributed by atoms with Crippen LogP contribution < -0.4 is 10.1 Å². The maximum atomic E-state index is 14.8. The molecule has 2 aromatic rings. The second kappa shape index (κ2) is 19.4. The van der Waals surface area contributed by atoms with Gasteiger partial charge in [0.05, 0.1) is 30.9 Å². The van der Waals surface area contributed by atoms with E-state index >= 15 is 0 Å². The van der Waals surface area contributed by atoms with E-state index in [9.17, 15) is 48.3 Å². The molecular formula is C53H75F3N4O13. The van der Waals surface area contributed by atoms with Crippen molar-refractivity contribution < 1.29 is 76.7 Å². The molecule has 17 atom stereocenters. The summed E-state index contributed by atoms with van der Waals surface area (Å²) in [6.07, 6.45) is -4.46. The highest BCUT2D eigenvalue weighted by molar-refractivity contribution is 5.79. The second-order valence-electron chi connectivity index (χ2n) is 24.4. The zero-order valence-electron chi connectivity index (χ0n) is 43.1. The van der Waals surface area contributed by atoms with E-state index in [1.807, 2.05) is 0 Å². The number of fused-ring (bicyclic) bond motifs is 7. The van der Waals surface area contributed by atoms with Crippen molar-refractivity contribution >= 4 is 11.9 Å². The third kappa shape index (κ3) is 9.54. The molecule has 6 N–H and O–H groups in total. The van der Waals surface area contributed by atoms with Crippen LogP contribution in [0.15, 0.2) is 42.1 Å². The molecule has 2 saturated heterocycles. The van der Waals surface area contributed by atoms with E-state index in [1.54, 1.807) is 6.07 Å². The number of aromatic nitrogens is 3. The Labute approximate surface area is 424 Å². The van der Waals surface area contributed by atoms with Crippen LogP contribution in [0.3, 0.4) is 0 Å². The number of esters is 1. The first-order valence-corrected chi connectivity index (χ1v) is 26.0. The number of aliphatic hydroxyl groups excluding tert-OH is 5. The van der Waals surface area contributed by atoms with E-state index in [1.165, 1.54) is 41.6 Å². The van der Waals surface area contributed by atoms with Crippen LogP contribution in [-0.4, -0.2) is 133 Å². The van der Waals surface area contributed by atoms with Crippen molar-refractivity contribution in [3.05, 3.63) is 47.8 Å². The number of nitrogens with zero attached hydrogens (tertiary/aromatic N) is 3. The Morgan fingerprint density at radius 3 is 2.33 bits per heavy atom. The molecule has 1 aromatic carbocycles. The van der Waals surface area contributed by atoms with Gasteiger partial charge in [-0.1, -0.05) is 77.5 Å². The van der Waals surface area contributed by atoms with Crippen molar-refractivity contribution in [1.82, 2.24) is 20.3 Å². The monoisotopic (exact) mass is 1030 g/mol. The molecule has 4 saturated carbocycles. The van der Waals surface area contributed by atoms with Gasteiger partial charge in [0.2, 0.25) is 5.91 Å². The molecule has 6 fully saturated rings. The number of aliphatic hydroxyl groups is 5. The highest BCUT2D eigenvalue weighted by Crippen LogP contribution is 2.76. The number of carbonyl (C=O) groups is 2. The predicted molar refractivity (Wildman–Crippen MR) is 254 cm³/mol. The number of carbonyl (C=O) groups excluding carboxylic acids is 2. The fraction of sp³-hybridized carbons (Fsp3) is 0.774. The number of amides is 1. The molecule has 5 aliphatic carbocycles. The first-order valence-electron chi connectivity index (χ1n) is 26.0. The van der Waals surface area contributed by atoms with Crippen molar-refractivity contribution in [2.24, 2.45) is 50.2 Å². The first kappa shape index (κ1) is 54.1. The minimum absolute atomic E-state index is 0.0194. The number of hydrogen-bond donors (Lipinski definition) is 6. The minimum Gasteiger partial charge on any atom is -0.459 e. The summed E-state index contributed by atoms with van der Waals surface area (Å²) in [5, 5.41) is 64.1. The van der Waals surface area contributed by atoms with Gasteiger partial charge < -0.3 is 59.3 Å². The number of ether oxygens (including phenoxy) is 6. The predicted octanol–water partition coefficient (Wildman–Crippen LogP) is 5.80. The van der Waals surface area contributed by atoms with Crippen LogP contribution in [-0.2, 0) is 39.9 Å². The van der Waals surface area contributed by atoms with Crippen LogP contribution in [0, 0.1) is 50.2 Å². The second-order valence-corrected chi connectivity index (χ2v) is 24.4. The van der Waals surface area contributed by atoms with Crippen molar-refractivity contribution in [1.29, 1.82) is 0 Å². The third-order valence-corrected chi connectivity index (χ3v) is 19.5.